The number of aromatic amines is 1. The Hall–Kier alpha value is -5.36. The van der Waals surface area contributed by atoms with Gasteiger partial charge in [-0.2, -0.15) is 0 Å². The number of nitrogens with zero attached hydrogens (tertiary/aromatic N) is 6. The van der Waals surface area contributed by atoms with E-state index in [-0.39, 0.29) is 17.2 Å². The molecule has 194 valence electrons. The number of aromatic nitrogens is 5. The molecule has 12 nitrogen and oxygen atoms in total. The van der Waals surface area contributed by atoms with Gasteiger partial charge >= 0.3 is 0 Å². The molecule has 0 saturated carbocycles. The van der Waals surface area contributed by atoms with E-state index in [0.29, 0.717) is 17.1 Å². The van der Waals surface area contributed by atoms with Crippen molar-refractivity contribution in [1.29, 1.82) is 0 Å². The zero-order valence-electron chi connectivity index (χ0n) is 20.7. The van der Waals surface area contributed by atoms with Gasteiger partial charge in [0.05, 0.1) is 33.0 Å². The van der Waals surface area contributed by atoms with E-state index in [0.717, 1.165) is 22.2 Å². The number of allylic oxidation sites excluding steroid dienone is 1. The van der Waals surface area contributed by atoms with Crippen LogP contribution in [0.3, 0.4) is 0 Å². The molecular weight excluding hydrogens is 498 g/mol. The summed E-state index contributed by atoms with van der Waals surface area (Å²) < 4.78 is 1.58. The van der Waals surface area contributed by atoms with Crippen LogP contribution in [0.2, 0.25) is 0 Å². The fourth-order valence-electron chi connectivity index (χ4n) is 4.75. The van der Waals surface area contributed by atoms with Gasteiger partial charge in [-0.15, -0.1) is 5.53 Å². The summed E-state index contributed by atoms with van der Waals surface area (Å²) in [5.74, 6) is -0.205. The quantitative estimate of drug-likeness (QED) is 0.215. The second kappa shape index (κ2) is 9.84. The lowest BCUT2D eigenvalue weighted by Gasteiger charge is -2.26. The minimum Gasteiger partial charge on any atom is -0.304 e. The Morgan fingerprint density at radius 3 is 2.54 bits per heavy atom. The van der Waals surface area contributed by atoms with Gasteiger partial charge in [0.1, 0.15) is 6.04 Å². The number of anilines is 1. The molecule has 2 unspecified atom stereocenters. The molecule has 3 N–H and O–H groups in total. The second-order valence-electron chi connectivity index (χ2n) is 9.12. The first-order valence-corrected chi connectivity index (χ1v) is 12.2. The molecule has 5 aromatic rings. The summed E-state index contributed by atoms with van der Waals surface area (Å²) in [6.07, 6.45) is 8.42. The van der Waals surface area contributed by atoms with Crippen LogP contribution in [0.5, 0.6) is 0 Å². The maximum Gasteiger partial charge on any atom is 0.271 e. The van der Waals surface area contributed by atoms with Gasteiger partial charge in [0.15, 0.2) is 0 Å². The molecule has 0 spiro atoms. The molecule has 12 heteroatoms. The van der Waals surface area contributed by atoms with Gasteiger partial charge < -0.3 is 5.43 Å². The number of nitro groups is 1. The summed E-state index contributed by atoms with van der Waals surface area (Å²) in [5, 5.41) is 16.2. The van der Waals surface area contributed by atoms with E-state index in [1.807, 2.05) is 37.3 Å². The molecule has 6 rings (SSSR count). The predicted octanol–water partition coefficient (Wildman–Crippen LogP) is 3.81. The first-order chi connectivity index (χ1) is 19.0. The monoisotopic (exact) mass is 521 g/mol. The smallest absolute Gasteiger partial charge is 0.271 e. The van der Waals surface area contributed by atoms with Crippen LogP contribution in [-0.4, -0.2) is 29.7 Å². The average molecular weight is 522 g/mol. The fourth-order valence-corrected chi connectivity index (χ4v) is 4.75. The number of pyridine rings is 1. The number of hydrazine groups is 2. The molecule has 0 saturated heterocycles. The van der Waals surface area contributed by atoms with Crippen LogP contribution in [0.4, 0.5) is 11.4 Å². The maximum atomic E-state index is 13.4. The van der Waals surface area contributed by atoms with E-state index in [1.54, 1.807) is 58.9 Å². The number of nitrogens with one attached hydrogen (secondary N) is 3. The molecule has 1 aliphatic heterocycles. The van der Waals surface area contributed by atoms with Crippen molar-refractivity contribution in [2.75, 3.05) is 5.01 Å². The number of H-pyrrole nitrogens is 1. The van der Waals surface area contributed by atoms with Crippen molar-refractivity contribution in [3.8, 4) is 11.3 Å². The highest BCUT2D eigenvalue weighted by Gasteiger charge is 2.31. The topological polar surface area (TPSA) is 147 Å². The first kappa shape index (κ1) is 24.0. The van der Waals surface area contributed by atoms with Gasteiger partial charge in [0, 0.05) is 60.7 Å². The van der Waals surface area contributed by atoms with Crippen LogP contribution in [-0.2, 0) is 0 Å². The molecule has 0 amide bonds. The Balaban J connectivity index is 1.44. The van der Waals surface area contributed by atoms with Gasteiger partial charge in [0.2, 0.25) is 0 Å². The fraction of sp³-hybridized carbons (Fsp3) is 0.111. The lowest BCUT2D eigenvalue weighted by molar-refractivity contribution is -0.384. The summed E-state index contributed by atoms with van der Waals surface area (Å²) in [7, 11) is 0. The van der Waals surface area contributed by atoms with Gasteiger partial charge in [-0.3, -0.25) is 40.0 Å². The number of nitro benzene ring substituents is 1. The number of fused-ring (bicyclic) bond motifs is 1. The van der Waals surface area contributed by atoms with Crippen molar-refractivity contribution in [2.45, 2.75) is 18.9 Å². The Kier molecular flexibility index (Phi) is 6.05. The van der Waals surface area contributed by atoms with E-state index in [2.05, 4.69) is 31.0 Å². The molecule has 1 aliphatic rings. The van der Waals surface area contributed by atoms with Gasteiger partial charge in [-0.1, -0.05) is 19.1 Å². The number of non-ortho nitro benzene ring substituents is 1. The van der Waals surface area contributed by atoms with Crippen LogP contribution in [0.25, 0.3) is 22.3 Å². The van der Waals surface area contributed by atoms with E-state index in [4.69, 9.17) is 0 Å². The third kappa shape index (κ3) is 4.60. The zero-order valence-corrected chi connectivity index (χ0v) is 20.7. The molecule has 39 heavy (non-hydrogen) atoms. The minimum absolute atomic E-state index is 0.0269. The van der Waals surface area contributed by atoms with E-state index in [1.165, 1.54) is 12.1 Å². The van der Waals surface area contributed by atoms with Crippen molar-refractivity contribution in [2.24, 2.45) is 0 Å². The van der Waals surface area contributed by atoms with E-state index < -0.39 is 11.0 Å². The highest BCUT2D eigenvalue weighted by molar-refractivity contribution is 5.74. The molecule has 0 radical (unpaired) electrons. The molecule has 2 atom stereocenters. The van der Waals surface area contributed by atoms with Crippen molar-refractivity contribution < 1.29 is 4.92 Å². The molecular formula is C27H23N9O3. The largest absolute Gasteiger partial charge is 0.304 e. The van der Waals surface area contributed by atoms with Gasteiger partial charge in [0.25, 0.3) is 11.2 Å². The lowest BCUT2D eigenvalue weighted by Crippen LogP contribution is -2.39. The van der Waals surface area contributed by atoms with Gasteiger partial charge in [-0.25, -0.2) is 4.68 Å². The molecule has 4 heterocycles. The van der Waals surface area contributed by atoms with Crippen LogP contribution < -0.4 is 21.5 Å². The number of rotatable bonds is 7. The minimum atomic E-state index is -0.501. The molecule has 0 fully saturated rings. The Bertz CT molecular complexity index is 1760. The molecule has 0 bridgehead atoms. The standard InChI is InChI=1S/C27H23N9O3/c1-17(19-5-6-22-24(13-19)30-12-11-29-22)27(35-26(37)15-23(32-35)18-7-9-28-10-8-18)25-16-34(33-31-25)20-3-2-4-21(14-20)36(38)39/h2-17,27,31-33H,1H3. The number of hydrogen-bond acceptors (Lipinski definition) is 9. The maximum absolute atomic E-state index is 13.4. The third-order valence-corrected chi connectivity index (χ3v) is 6.73. The Morgan fingerprint density at radius 2 is 1.74 bits per heavy atom. The van der Waals surface area contributed by atoms with Crippen molar-refractivity contribution in [3.63, 3.8) is 0 Å². The molecule has 2 aromatic carbocycles. The first-order valence-electron chi connectivity index (χ1n) is 12.2. The second-order valence-corrected chi connectivity index (χ2v) is 9.12. The predicted molar refractivity (Wildman–Crippen MR) is 145 cm³/mol. The normalized spacial score (nSPS) is 14.6. The Morgan fingerprint density at radius 1 is 0.949 bits per heavy atom. The average Bonchev–Trinajstić information content (AvgIpc) is 3.61. The lowest BCUT2D eigenvalue weighted by atomic mass is 9.91. The van der Waals surface area contributed by atoms with E-state index in [9.17, 15) is 14.9 Å². The number of benzene rings is 2. The third-order valence-electron chi connectivity index (χ3n) is 6.73. The van der Waals surface area contributed by atoms with Crippen LogP contribution in [0, 0.1) is 10.1 Å². The van der Waals surface area contributed by atoms with Crippen LogP contribution in [0.15, 0.2) is 102 Å². The van der Waals surface area contributed by atoms with Crippen LogP contribution >= 0.6 is 0 Å². The van der Waals surface area contributed by atoms with Crippen LogP contribution in [0.1, 0.15) is 24.4 Å². The summed E-state index contributed by atoms with van der Waals surface area (Å²) >= 11 is 0. The zero-order chi connectivity index (χ0) is 26.9. The summed E-state index contributed by atoms with van der Waals surface area (Å²) in [6.45, 7) is 2.03. The number of hydrogen-bond donors (Lipinski definition) is 3. The Labute approximate surface area is 221 Å². The van der Waals surface area contributed by atoms with Gasteiger partial charge in [-0.05, 0) is 35.9 Å². The van der Waals surface area contributed by atoms with Crippen molar-refractivity contribution >= 4 is 22.4 Å². The van der Waals surface area contributed by atoms with Crippen molar-refractivity contribution in [1.82, 2.24) is 35.7 Å². The van der Waals surface area contributed by atoms with E-state index >= 15 is 0 Å². The molecule has 0 aliphatic carbocycles. The summed E-state index contributed by atoms with van der Waals surface area (Å²) in [6, 6.07) is 16.9. The summed E-state index contributed by atoms with van der Waals surface area (Å²) in [4.78, 5) is 37.1. The highest BCUT2D eigenvalue weighted by atomic mass is 16.6. The molecule has 3 aromatic heterocycles. The highest BCUT2D eigenvalue weighted by Crippen LogP contribution is 2.35. The van der Waals surface area contributed by atoms with Crippen molar-refractivity contribution in [3.05, 3.63) is 123 Å². The SMILES string of the molecule is CC(c1ccc2nccnc2c1)C(C1=CN(c2cccc([N+](=O)[O-])c2)NN1)n1[nH]c(-c2ccncc2)cc1=O. The summed E-state index contributed by atoms with van der Waals surface area (Å²) in [5.41, 5.74) is 11.2.